The van der Waals surface area contributed by atoms with Crippen molar-refractivity contribution in [2.45, 2.75) is 32.7 Å². The highest BCUT2D eigenvalue weighted by Gasteiger charge is 2.22. The minimum atomic E-state index is -1.11. The molecule has 0 aliphatic rings. The van der Waals surface area contributed by atoms with Crippen molar-refractivity contribution in [2.24, 2.45) is 7.05 Å². The van der Waals surface area contributed by atoms with Gasteiger partial charge in [0.1, 0.15) is 0 Å². The van der Waals surface area contributed by atoms with Crippen molar-refractivity contribution in [3.05, 3.63) is 51.8 Å². The molecule has 0 aliphatic heterocycles. The van der Waals surface area contributed by atoms with Gasteiger partial charge in [0.25, 0.3) is 0 Å². The van der Waals surface area contributed by atoms with Crippen LogP contribution in [0.4, 0.5) is 0 Å². The van der Waals surface area contributed by atoms with Crippen LogP contribution in [0.1, 0.15) is 35.0 Å². The van der Waals surface area contributed by atoms with Crippen molar-refractivity contribution in [1.82, 2.24) is 15.1 Å². The summed E-state index contributed by atoms with van der Waals surface area (Å²) in [5, 5.41) is 16.7. The van der Waals surface area contributed by atoms with E-state index in [1.807, 2.05) is 20.9 Å². The molecule has 0 unspecified atom stereocenters. The van der Waals surface area contributed by atoms with Crippen LogP contribution in [0, 0.1) is 13.8 Å². The number of amides is 1. The maximum Gasteiger partial charge on any atom is 0.330 e. The molecule has 2 aromatic rings. The number of nitrogens with one attached hydrogen (secondary N) is 1. The van der Waals surface area contributed by atoms with Crippen molar-refractivity contribution in [2.75, 3.05) is 0 Å². The number of aromatic nitrogens is 2. The Hall–Kier alpha value is -2.34. The van der Waals surface area contributed by atoms with Crippen molar-refractivity contribution in [1.29, 1.82) is 0 Å². The molecule has 0 saturated heterocycles. The monoisotopic (exact) mass is 349 g/mol. The second-order valence-corrected chi connectivity index (χ2v) is 6.10. The van der Waals surface area contributed by atoms with Crippen LogP contribution in [-0.4, -0.2) is 26.8 Å². The topological polar surface area (TPSA) is 84.2 Å². The third kappa shape index (κ3) is 4.14. The predicted octanol–water partition coefficient (Wildman–Crippen LogP) is 2.57. The van der Waals surface area contributed by atoms with Crippen LogP contribution in [0.2, 0.25) is 5.02 Å². The predicted molar refractivity (Wildman–Crippen MR) is 91.0 cm³/mol. The van der Waals surface area contributed by atoms with Gasteiger partial charge in [0.05, 0.1) is 5.69 Å². The van der Waals surface area contributed by atoms with Crippen LogP contribution in [0.15, 0.2) is 24.3 Å². The van der Waals surface area contributed by atoms with E-state index in [-0.39, 0.29) is 12.3 Å². The summed E-state index contributed by atoms with van der Waals surface area (Å²) in [6.45, 7) is 3.84. The zero-order valence-corrected chi connectivity index (χ0v) is 14.6. The highest BCUT2D eigenvalue weighted by Crippen LogP contribution is 2.18. The standard InChI is InChI=1S/C17H20ClN3O3/c1-10-14(11(2)21(3)20-10)8-9-15(22)19-16(17(23)24)12-4-6-13(18)7-5-12/h4-7,16H,8-9H2,1-3H3,(H,19,22)(H,23,24)/t16-/m0/s1. The summed E-state index contributed by atoms with van der Waals surface area (Å²) in [7, 11) is 1.85. The van der Waals surface area contributed by atoms with E-state index in [1.165, 1.54) is 0 Å². The first-order valence-corrected chi connectivity index (χ1v) is 7.94. The second-order valence-electron chi connectivity index (χ2n) is 5.66. The molecule has 0 fully saturated rings. The number of nitrogens with zero attached hydrogens (tertiary/aromatic N) is 2. The minimum absolute atomic E-state index is 0.199. The lowest BCUT2D eigenvalue weighted by Gasteiger charge is -2.15. The third-order valence-corrected chi connectivity index (χ3v) is 4.27. The average Bonchev–Trinajstić information content (AvgIpc) is 2.76. The first-order chi connectivity index (χ1) is 11.3. The second kappa shape index (κ2) is 7.49. The van der Waals surface area contributed by atoms with E-state index in [0.717, 1.165) is 17.0 Å². The van der Waals surface area contributed by atoms with Crippen LogP contribution < -0.4 is 5.32 Å². The number of aryl methyl sites for hydroxylation is 2. The lowest BCUT2D eigenvalue weighted by atomic mass is 10.1. The van der Waals surface area contributed by atoms with Crippen molar-refractivity contribution < 1.29 is 14.7 Å². The van der Waals surface area contributed by atoms with Gasteiger partial charge in [-0.1, -0.05) is 23.7 Å². The van der Waals surface area contributed by atoms with Crippen LogP contribution in [-0.2, 0) is 23.1 Å². The Labute approximate surface area is 145 Å². The van der Waals surface area contributed by atoms with Gasteiger partial charge in [-0.25, -0.2) is 4.79 Å². The van der Waals surface area contributed by atoms with E-state index in [4.69, 9.17) is 11.6 Å². The fourth-order valence-corrected chi connectivity index (χ4v) is 2.72. The van der Waals surface area contributed by atoms with Crippen LogP contribution >= 0.6 is 11.6 Å². The molecule has 1 atom stereocenters. The maximum atomic E-state index is 12.2. The van der Waals surface area contributed by atoms with Gasteiger partial charge in [0, 0.05) is 24.2 Å². The number of carbonyl (C=O) groups is 2. The summed E-state index contributed by atoms with van der Waals surface area (Å²) in [5.74, 6) is -1.43. The Morgan fingerprint density at radius 2 is 1.92 bits per heavy atom. The number of carboxylic acid groups (broad SMARTS) is 1. The molecule has 24 heavy (non-hydrogen) atoms. The van der Waals surface area contributed by atoms with Gasteiger partial charge < -0.3 is 10.4 Å². The lowest BCUT2D eigenvalue weighted by Crippen LogP contribution is -2.33. The summed E-state index contributed by atoms with van der Waals surface area (Å²) in [6.07, 6.45) is 0.717. The van der Waals surface area contributed by atoms with Gasteiger partial charge in [-0.3, -0.25) is 9.48 Å². The number of benzene rings is 1. The fraction of sp³-hybridized carbons (Fsp3) is 0.353. The molecule has 7 heteroatoms. The Kier molecular flexibility index (Phi) is 5.62. The molecular weight excluding hydrogens is 330 g/mol. The fourth-order valence-electron chi connectivity index (χ4n) is 2.59. The van der Waals surface area contributed by atoms with Gasteiger partial charge in [0.2, 0.25) is 5.91 Å². The molecule has 0 radical (unpaired) electrons. The Morgan fingerprint density at radius 1 is 1.29 bits per heavy atom. The minimum Gasteiger partial charge on any atom is -0.479 e. The van der Waals surface area contributed by atoms with Crippen LogP contribution in [0.25, 0.3) is 0 Å². The first kappa shape index (κ1) is 18.0. The molecule has 0 spiro atoms. The van der Waals surface area contributed by atoms with Crippen LogP contribution in [0.5, 0.6) is 0 Å². The van der Waals surface area contributed by atoms with E-state index in [1.54, 1.807) is 28.9 Å². The maximum absolute atomic E-state index is 12.2. The summed E-state index contributed by atoms with van der Waals surface area (Å²) in [6, 6.07) is 5.29. The SMILES string of the molecule is Cc1nn(C)c(C)c1CCC(=O)N[C@H](C(=O)O)c1ccc(Cl)cc1. The smallest absolute Gasteiger partial charge is 0.330 e. The summed E-state index contributed by atoms with van der Waals surface area (Å²) in [4.78, 5) is 23.6. The number of halogens is 1. The van der Waals surface area contributed by atoms with E-state index >= 15 is 0 Å². The molecular formula is C17H20ClN3O3. The number of hydrogen-bond donors (Lipinski definition) is 2. The van der Waals surface area contributed by atoms with Gasteiger partial charge in [-0.2, -0.15) is 5.10 Å². The molecule has 1 aromatic heterocycles. The van der Waals surface area contributed by atoms with Crippen molar-refractivity contribution >= 4 is 23.5 Å². The molecule has 128 valence electrons. The number of carboxylic acids is 1. The lowest BCUT2D eigenvalue weighted by molar-refractivity contribution is -0.142. The van der Waals surface area contributed by atoms with Crippen LogP contribution in [0.3, 0.4) is 0 Å². The summed E-state index contributed by atoms with van der Waals surface area (Å²) in [5.41, 5.74) is 3.39. The Bertz CT molecular complexity index is 753. The van der Waals surface area contributed by atoms with Gasteiger partial charge in [0.15, 0.2) is 6.04 Å². The molecule has 2 rings (SSSR count). The van der Waals surface area contributed by atoms with Crippen molar-refractivity contribution in [3.8, 4) is 0 Å². The third-order valence-electron chi connectivity index (χ3n) is 4.02. The first-order valence-electron chi connectivity index (χ1n) is 7.56. The van der Waals surface area contributed by atoms with Gasteiger partial charge in [-0.15, -0.1) is 0 Å². The van der Waals surface area contributed by atoms with Crippen molar-refractivity contribution in [3.63, 3.8) is 0 Å². The molecule has 1 amide bonds. The zero-order chi connectivity index (χ0) is 17.9. The molecule has 0 aliphatic carbocycles. The summed E-state index contributed by atoms with van der Waals surface area (Å²) < 4.78 is 1.77. The quantitative estimate of drug-likeness (QED) is 0.839. The molecule has 0 bridgehead atoms. The van der Waals surface area contributed by atoms with E-state index in [9.17, 15) is 14.7 Å². The van der Waals surface area contributed by atoms with E-state index in [0.29, 0.717) is 17.0 Å². The number of rotatable bonds is 6. The molecule has 6 nitrogen and oxygen atoms in total. The molecule has 2 N–H and O–H groups in total. The summed E-state index contributed by atoms with van der Waals surface area (Å²) >= 11 is 5.81. The average molecular weight is 350 g/mol. The number of aliphatic carboxylic acids is 1. The number of carbonyl (C=O) groups excluding carboxylic acids is 1. The largest absolute Gasteiger partial charge is 0.479 e. The Morgan fingerprint density at radius 3 is 2.42 bits per heavy atom. The Balaban J connectivity index is 2.03. The number of hydrogen-bond acceptors (Lipinski definition) is 3. The molecule has 0 saturated carbocycles. The van der Waals surface area contributed by atoms with Gasteiger partial charge >= 0.3 is 5.97 Å². The zero-order valence-electron chi connectivity index (χ0n) is 13.8. The highest BCUT2D eigenvalue weighted by atomic mass is 35.5. The molecule has 1 aromatic carbocycles. The van der Waals surface area contributed by atoms with Gasteiger partial charge in [-0.05, 0) is 43.5 Å². The van der Waals surface area contributed by atoms with E-state index in [2.05, 4.69) is 10.4 Å². The highest BCUT2D eigenvalue weighted by molar-refractivity contribution is 6.30. The normalized spacial score (nSPS) is 12.0. The van der Waals surface area contributed by atoms with E-state index < -0.39 is 12.0 Å². The molecule has 1 heterocycles.